The van der Waals surface area contributed by atoms with E-state index in [4.69, 9.17) is 10.8 Å². The van der Waals surface area contributed by atoms with Gasteiger partial charge in [-0.05, 0) is 24.0 Å². The molecule has 82 valence electrons. The van der Waals surface area contributed by atoms with Gasteiger partial charge in [-0.3, -0.25) is 4.79 Å². The summed E-state index contributed by atoms with van der Waals surface area (Å²) >= 11 is 1.65. The number of hydrogen-bond acceptors (Lipinski definition) is 3. The van der Waals surface area contributed by atoms with Gasteiger partial charge in [0.15, 0.2) is 0 Å². The van der Waals surface area contributed by atoms with Crippen LogP contribution in [0.1, 0.15) is 18.5 Å². The van der Waals surface area contributed by atoms with Gasteiger partial charge in [-0.2, -0.15) is 0 Å². The molecule has 2 unspecified atom stereocenters. The summed E-state index contributed by atoms with van der Waals surface area (Å²) in [4.78, 5) is 11.9. The molecule has 1 aromatic carbocycles. The molecule has 3 N–H and O–H groups in total. The molecule has 4 heteroatoms. The highest BCUT2D eigenvalue weighted by molar-refractivity contribution is 7.98. The van der Waals surface area contributed by atoms with E-state index in [1.807, 2.05) is 30.5 Å². The summed E-state index contributed by atoms with van der Waals surface area (Å²) in [5, 5.41) is 8.83. The van der Waals surface area contributed by atoms with Gasteiger partial charge in [-0.25, -0.2) is 0 Å². The molecule has 0 radical (unpaired) electrons. The van der Waals surface area contributed by atoms with Gasteiger partial charge < -0.3 is 10.8 Å². The molecule has 0 aliphatic rings. The van der Waals surface area contributed by atoms with Crippen molar-refractivity contribution in [1.29, 1.82) is 0 Å². The minimum absolute atomic E-state index is 0.446. The zero-order valence-electron chi connectivity index (χ0n) is 8.81. The molecule has 0 heterocycles. The van der Waals surface area contributed by atoms with E-state index < -0.39 is 17.9 Å². The van der Waals surface area contributed by atoms with Gasteiger partial charge in [0.2, 0.25) is 0 Å². The summed E-state index contributed by atoms with van der Waals surface area (Å²) in [6.07, 6.45) is 1.99. The molecule has 0 aliphatic heterocycles. The van der Waals surface area contributed by atoms with Crippen LogP contribution in [0.15, 0.2) is 29.2 Å². The van der Waals surface area contributed by atoms with Crippen LogP contribution in [0.3, 0.4) is 0 Å². The SMILES string of the molecule is CSc1ccc(C(N)C(C)C(=O)O)cc1. The Morgan fingerprint density at radius 3 is 2.33 bits per heavy atom. The van der Waals surface area contributed by atoms with Crippen LogP contribution in [0.4, 0.5) is 0 Å². The van der Waals surface area contributed by atoms with Gasteiger partial charge in [0.25, 0.3) is 0 Å². The lowest BCUT2D eigenvalue weighted by Gasteiger charge is -2.16. The zero-order chi connectivity index (χ0) is 11.4. The maximum atomic E-state index is 10.8. The predicted octanol–water partition coefficient (Wildman–Crippen LogP) is 2.13. The number of carbonyl (C=O) groups is 1. The Kier molecular flexibility index (Phi) is 4.17. The minimum atomic E-state index is -0.864. The summed E-state index contributed by atoms with van der Waals surface area (Å²) in [7, 11) is 0. The van der Waals surface area contributed by atoms with Crippen LogP contribution in [0.5, 0.6) is 0 Å². The second-order valence-corrected chi connectivity index (χ2v) is 4.31. The van der Waals surface area contributed by atoms with Crippen LogP contribution >= 0.6 is 11.8 Å². The smallest absolute Gasteiger partial charge is 0.308 e. The minimum Gasteiger partial charge on any atom is -0.481 e. The maximum Gasteiger partial charge on any atom is 0.308 e. The number of carboxylic acid groups (broad SMARTS) is 1. The quantitative estimate of drug-likeness (QED) is 0.770. The van der Waals surface area contributed by atoms with Crippen LogP contribution in [0, 0.1) is 5.92 Å². The largest absolute Gasteiger partial charge is 0.481 e. The van der Waals surface area contributed by atoms with Crippen molar-refractivity contribution in [1.82, 2.24) is 0 Å². The van der Waals surface area contributed by atoms with E-state index in [2.05, 4.69) is 0 Å². The highest BCUT2D eigenvalue weighted by atomic mass is 32.2. The average Bonchev–Trinajstić information content (AvgIpc) is 2.27. The Bertz CT molecular complexity index is 337. The lowest BCUT2D eigenvalue weighted by molar-refractivity contribution is -0.141. The molecular formula is C11H15NO2S. The molecule has 0 saturated heterocycles. The molecule has 0 amide bonds. The fraction of sp³-hybridized carbons (Fsp3) is 0.364. The van der Waals surface area contributed by atoms with Crippen molar-refractivity contribution in [2.75, 3.05) is 6.26 Å². The molecular weight excluding hydrogens is 210 g/mol. The summed E-state index contributed by atoms with van der Waals surface area (Å²) in [5.74, 6) is -1.43. The van der Waals surface area contributed by atoms with Crippen molar-refractivity contribution in [3.63, 3.8) is 0 Å². The Balaban J connectivity index is 2.82. The monoisotopic (exact) mass is 225 g/mol. The van der Waals surface area contributed by atoms with Crippen LogP contribution < -0.4 is 5.73 Å². The zero-order valence-corrected chi connectivity index (χ0v) is 9.62. The average molecular weight is 225 g/mol. The Morgan fingerprint density at radius 2 is 1.93 bits per heavy atom. The van der Waals surface area contributed by atoms with Crippen LogP contribution in [-0.2, 0) is 4.79 Å². The van der Waals surface area contributed by atoms with Crippen molar-refractivity contribution >= 4 is 17.7 Å². The molecule has 0 spiro atoms. The van der Waals surface area contributed by atoms with Crippen molar-refractivity contribution < 1.29 is 9.90 Å². The number of aliphatic carboxylic acids is 1. The lowest BCUT2D eigenvalue weighted by Crippen LogP contribution is -2.25. The number of carboxylic acids is 1. The third-order valence-electron chi connectivity index (χ3n) is 2.43. The number of nitrogens with two attached hydrogens (primary N) is 1. The molecule has 0 aromatic heterocycles. The van der Waals surface area contributed by atoms with Crippen LogP contribution in [-0.4, -0.2) is 17.3 Å². The topological polar surface area (TPSA) is 63.3 Å². The Hall–Kier alpha value is -1.00. The molecule has 0 saturated carbocycles. The number of thioether (sulfide) groups is 1. The molecule has 3 nitrogen and oxygen atoms in total. The first kappa shape index (κ1) is 12.1. The third-order valence-corrected chi connectivity index (χ3v) is 3.17. The second-order valence-electron chi connectivity index (χ2n) is 3.43. The van der Waals surface area contributed by atoms with Crippen molar-refractivity contribution in [3.05, 3.63) is 29.8 Å². The van der Waals surface area contributed by atoms with E-state index >= 15 is 0 Å². The fourth-order valence-electron chi connectivity index (χ4n) is 1.27. The van der Waals surface area contributed by atoms with Crippen molar-refractivity contribution in [2.24, 2.45) is 11.7 Å². The van der Waals surface area contributed by atoms with Gasteiger partial charge in [-0.15, -0.1) is 11.8 Å². The molecule has 0 bridgehead atoms. The number of rotatable bonds is 4. The maximum absolute atomic E-state index is 10.8. The molecule has 0 aliphatic carbocycles. The first-order chi connectivity index (χ1) is 7.06. The van der Waals surface area contributed by atoms with E-state index in [-0.39, 0.29) is 0 Å². The van der Waals surface area contributed by atoms with Gasteiger partial charge in [0.05, 0.1) is 5.92 Å². The molecule has 1 aromatic rings. The summed E-state index contributed by atoms with van der Waals surface area (Å²) in [6.45, 7) is 1.62. The first-order valence-electron chi connectivity index (χ1n) is 4.68. The predicted molar refractivity (Wildman–Crippen MR) is 62.0 cm³/mol. The first-order valence-corrected chi connectivity index (χ1v) is 5.91. The highest BCUT2D eigenvalue weighted by Crippen LogP contribution is 2.22. The van der Waals surface area contributed by atoms with Gasteiger partial charge >= 0.3 is 5.97 Å². The molecule has 0 fully saturated rings. The Labute approximate surface area is 93.7 Å². The second kappa shape index (κ2) is 5.19. The Morgan fingerprint density at radius 1 is 1.40 bits per heavy atom. The fourth-order valence-corrected chi connectivity index (χ4v) is 1.68. The van der Waals surface area contributed by atoms with E-state index in [0.29, 0.717) is 0 Å². The lowest BCUT2D eigenvalue weighted by atomic mass is 9.96. The van der Waals surface area contributed by atoms with E-state index in [1.54, 1.807) is 18.7 Å². The summed E-state index contributed by atoms with van der Waals surface area (Å²) in [5.41, 5.74) is 6.71. The third kappa shape index (κ3) is 2.97. The van der Waals surface area contributed by atoms with Gasteiger partial charge in [-0.1, -0.05) is 19.1 Å². The molecule has 2 atom stereocenters. The number of hydrogen-bond donors (Lipinski definition) is 2. The normalized spacial score (nSPS) is 14.6. The van der Waals surface area contributed by atoms with Gasteiger partial charge in [0.1, 0.15) is 0 Å². The van der Waals surface area contributed by atoms with Crippen molar-refractivity contribution in [3.8, 4) is 0 Å². The summed E-state index contributed by atoms with van der Waals surface area (Å²) < 4.78 is 0. The summed E-state index contributed by atoms with van der Waals surface area (Å²) in [6, 6.07) is 7.23. The van der Waals surface area contributed by atoms with E-state index in [1.165, 1.54) is 0 Å². The molecule has 1 rings (SSSR count). The van der Waals surface area contributed by atoms with E-state index in [0.717, 1.165) is 10.5 Å². The van der Waals surface area contributed by atoms with E-state index in [9.17, 15) is 4.79 Å². The number of benzene rings is 1. The molecule has 15 heavy (non-hydrogen) atoms. The van der Waals surface area contributed by atoms with Crippen LogP contribution in [0.25, 0.3) is 0 Å². The van der Waals surface area contributed by atoms with Gasteiger partial charge in [0, 0.05) is 10.9 Å². The van der Waals surface area contributed by atoms with Crippen molar-refractivity contribution in [2.45, 2.75) is 17.9 Å². The van der Waals surface area contributed by atoms with Crippen LogP contribution in [0.2, 0.25) is 0 Å². The standard InChI is InChI=1S/C11H15NO2S/c1-7(11(13)14)10(12)8-3-5-9(15-2)6-4-8/h3-7,10H,12H2,1-2H3,(H,13,14). The highest BCUT2D eigenvalue weighted by Gasteiger charge is 2.21.